The fourth-order valence-electron chi connectivity index (χ4n) is 3.67. The van der Waals surface area contributed by atoms with E-state index < -0.39 is 12.6 Å². The average molecular weight is 502 g/mol. The molecule has 0 aliphatic rings. The number of nitrogens with zero attached hydrogens (tertiary/aromatic N) is 4. The van der Waals surface area contributed by atoms with Gasteiger partial charge in [0, 0.05) is 35.9 Å². The third kappa shape index (κ3) is 5.38. The molecular formula is C24H25ClFN5O2S. The highest BCUT2D eigenvalue weighted by molar-refractivity contribution is 7.15. The Balaban J connectivity index is 1.68. The van der Waals surface area contributed by atoms with Gasteiger partial charge in [-0.1, -0.05) is 29.8 Å². The van der Waals surface area contributed by atoms with Crippen molar-refractivity contribution in [2.24, 2.45) is 5.73 Å². The van der Waals surface area contributed by atoms with Crippen LogP contribution < -0.4 is 10.5 Å². The Bertz CT molecular complexity index is 1310. The maximum absolute atomic E-state index is 12.7. The van der Waals surface area contributed by atoms with Crippen molar-refractivity contribution >= 4 is 34.5 Å². The molecule has 0 aliphatic heterocycles. The number of hydrogen-bond acceptors (Lipinski definition) is 6. The van der Waals surface area contributed by atoms with Crippen LogP contribution in [0, 0.1) is 0 Å². The number of fused-ring (bicyclic) bond motifs is 1. The fraction of sp³-hybridized carbons (Fsp3) is 0.292. The SMILES string of the molecule is C[C@@H](Oc1cc(-c2cnc3cnc(CN(C)CCF)cn23)sc1CC(N)=O)c1ccccc1Cl. The summed E-state index contributed by atoms with van der Waals surface area (Å²) in [7, 11) is 1.85. The van der Waals surface area contributed by atoms with Gasteiger partial charge in [0.15, 0.2) is 5.65 Å². The molecule has 0 saturated heterocycles. The van der Waals surface area contributed by atoms with Crippen LogP contribution >= 0.6 is 22.9 Å². The Morgan fingerprint density at radius 2 is 2.12 bits per heavy atom. The minimum absolute atomic E-state index is 0.0623. The molecule has 178 valence electrons. The van der Waals surface area contributed by atoms with E-state index in [1.807, 2.05) is 59.8 Å². The Labute approximate surface area is 206 Å². The van der Waals surface area contributed by atoms with Crippen molar-refractivity contribution in [3.05, 3.63) is 70.1 Å². The van der Waals surface area contributed by atoms with Crippen LogP contribution in [0.15, 0.2) is 48.9 Å². The van der Waals surface area contributed by atoms with Crippen molar-refractivity contribution in [3.63, 3.8) is 0 Å². The van der Waals surface area contributed by atoms with Crippen molar-refractivity contribution in [1.29, 1.82) is 0 Å². The first kappa shape index (κ1) is 24.1. The van der Waals surface area contributed by atoms with Crippen LogP contribution in [0.4, 0.5) is 4.39 Å². The third-order valence-corrected chi connectivity index (χ3v) is 6.83. The number of carbonyl (C=O) groups is 1. The van der Waals surface area contributed by atoms with E-state index in [2.05, 4.69) is 9.97 Å². The summed E-state index contributed by atoms with van der Waals surface area (Å²) in [4.78, 5) is 24.1. The molecular weight excluding hydrogens is 477 g/mol. The first-order chi connectivity index (χ1) is 16.4. The zero-order chi connectivity index (χ0) is 24.2. The molecule has 0 bridgehead atoms. The number of ether oxygens (including phenoxy) is 1. The van der Waals surface area contributed by atoms with E-state index in [1.54, 1.807) is 12.4 Å². The summed E-state index contributed by atoms with van der Waals surface area (Å²) in [6.07, 6.45) is 5.08. The number of carbonyl (C=O) groups excluding carboxylic acids is 1. The van der Waals surface area contributed by atoms with E-state index in [0.717, 1.165) is 26.7 Å². The molecule has 7 nitrogen and oxygen atoms in total. The molecule has 3 aromatic heterocycles. The van der Waals surface area contributed by atoms with Crippen molar-refractivity contribution in [1.82, 2.24) is 19.3 Å². The molecule has 0 unspecified atom stereocenters. The van der Waals surface area contributed by atoms with Gasteiger partial charge in [-0.15, -0.1) is 11.3 Å². The zero-order valence-electron chi connectivity index (χ0n) is 18.9. The number of primary amides is 1. The lowest BCUT2D eigenvalue weighted by Gasteiger charge is -2.16. The highest BCUT2D eigenvalue weighted by Crippen LogP contribution is 2.39. The standard InChI is InChI=1S/C24H25ClFN5O2S/c1-15(17-5-3-4-6-18(17)25)33-20-9-21(34-22(20)10-23(27)32)19-11-29-24-12-28-16(14-31(19)24)13-30(2)8-7-26/h3-6,9,11-12,14-15H,7-8,10,13H2,1-2H3,(H2,27,32)/t15-/m1/s1. The molecule has 3 heterocycles. The molecule has 1 aromatic carbocycles. The Kier molecular flexibility index (Phi) is 7.45. The van der Waals surface area contributed by atoms with Crippen molar-refractivity contribution < 1.29 is 13.9 Å². The first-order valence-corrected chi connectivity index (χ1v) is 11.9. The summed E-state index contributed by atoms with van der Waals surface area (Å²) >= 11 is 7.77. The van der Waals surface area contributed by atoms with Crippen LogP contribution in [-0.2, 0) is 17.8 Å². The number of aromatic nitrogens is 3. The minimum Gasteiger partial charge on any atom is -0.485 e. The molecule has 0 saturated carbocycles. The van der Waals surface area contributed by atoms with Crippen LogP contribution in [0.2, 0.25) is 5.02 Å². The molecule has 2 N–H and O–H groups in total. The Morgan fingerprint density at radius 3 is 2.85 bits per heavy atom. The number of hydrogen-bond donors (Lipinski definition) is 1. The molecule has 4 rings (SSSR count). The van der Waals surface area contributed by atoms with Crippen LogP contribution in [0.5, 0.6) is 5.75 Å². The van der Waals surface area contributed by atoms with Crippen LogP contribution in [0.3, 0.4) is 0 Å². The van der Waals surface area contributed by atoms with Crippen molar-refractivity contribution in [2.75, 3.05) is 20.3 Å². The van der Waals surface area contributed by atoms with Gasteiger partial charge in [-0.25, -0.2) is 9.37 Å². The van der Waals surface area contributed by atoms with Gasteiger partial charge in [0.2, 0.25) is 5.91 Å². The molecule has 0 fully saturated rings. The maximum Gasteiger partial charge on any atom is 0.222 e. The lowest BCUT2D eigenvalue weighted by atomic mass is 10.1. The number of benzene rings is 1. The molecule has 0 aliphatic carbocycles. The number of nitrogens with two attached hydrogens (primary N) is 1. The summed E-state index contributed by atoms with van der Waals surface area (Å²) < 4.78 is 20.8. The summed E-state index contributed by atoms with van der Waals surface area (Å²) in [6.45, 7) is 2.34. The minimum atomic E-state index is -0.441. The second-order valence-corrected chi connectivity index (χ2v) is 9.54. The van der Waals surface area contributed by atoms with Gasteiger partial charge in [-0.05, 0) is 20.0 Å². The van der Waals surface area contributed by atoms with E-state index in [0.29, 0.717) is 29.5 Å². The molecule has 1 amide bonds. The number of halogens is 2. The van der Waals surface area contributed by atoms with E-state index in [1.165, 1.54) is 11.3 Å². The average Bonchev–Trinajstić information content (AvgIpc) is 3.37. The third-order valence-electron chi connectivity index (χ3n) is 5.35. The smallest absolute Gasteiger partial charge is 0.222 e. The lowest BCUT2D eigenvalue weighted by molar-refractivity contribution is -0.117. The fourth-order valence-corrected chi connectivity index (χ4v) is 5.07. The molecule has 0 spiro atoms. The number of amides is 1. The number of rotatable bonds is 10. The molecule has 0 radical (unpaired) electrons. The summed E-state index contributed by atoms with van der Waals surface area (Å²) in [5.74, 6) is 0.141. The van der Waals surface area contributed by atoms with Gasteiger partial charge in [0.1, 0.15) is 18.5 Å². The summed E-state index contributed by atoms with van der Waals surface area (Å²) in [5.41, 5.74) is 8.67. The number of alkyl halides is 1. The quantitative estimate of drug-likeness (QED) is 0.341. The van der Waals surface area contributed by atoms with Gasteiger partial charge in [0.05, 0.1) is 40.0 Å². The Hall–Kier alpha value is -3.01. The van der Waals surface area contributed by atoms with Crippen molar-refractivity contribution in [3.8, 4) is 16.3 Å². The largest absolute Gasteiger partial charge is 0.485 e. The highest BCUT2D eigenvalue weighted by Gasteiger charge is 2.20. The van der Waals surface area contributed by atoms with Gasteiger partial charge < -0.3 is 10.5 Å². The summed E-state index contributed by atoms with van der Waals surface area (Å²) in [6, 6.07) is 9.39. The topological polar surface area (TPSA) is 85.8 Å². The van der Waals surface area contributed by atoms with E-state index in [9.17, 15) is 9.18 Å². The maximum atomic E-state index is 12.7. The van der Waals surface area contributed by atoms with E-state index in [4.69, 9.17) is 22.1 Å². The number of thiophene rings is 1. The predicted molar refractivity (Wildman–Crippen MR) is 132 cm³/mol. The predicted octanol–water partition coefficient (Wildman–Crippen LogP) is 4.68. The normalized spacial score (nSPS) is 12.4. The first-order valence-electron chi connectivity index (χ1n) is 10.7. The molecule has 1 atom stereocenters. The van der Waals surface area contributed by atoms with Crippen LogP contribution in [0.25, 0.3) is 16.2 Å². The number of imidazole rings is 1. The van der Waals surface area contributed by atoms with Crippen LogP contribution in [-0.4, -0.2) is 45.4 Å². The second-order valence-electron chi connectivity index (χ2n) is 8.00. The van der Waals surface area contributed by atoms with Gasteiger partial charge in [0.25, 0.3) is 0 Å². The van der Waals surface area contributed by atoms with Crippen molar-refractivity contribution in [2.45, 2.75) is 26.0 Å². The van der Waals surface area contributed by atoms with Gasteiger partial charge in [-0.2, -0.15) is 0 Å². The van der Waals surface area contributed by atoms with Crippen LogP contribution in [0.1, 0.15) is 29.2 Å². The molecule has 10 heteroatoms. The van der Waals surface area contributed by atoms with E-state index in [-0.39, 0.29) is 12.5 Å². The lowest BCUT2D eigenvalue weighted by Crippen LogP contribution is -2.21. The monoisotopic (exact) mass is 501 g/mol. The highest BCUT2D eigenvalue weighted by atomic mass is 35.5. The molecule has 4 aromatic rings. The zero-order valence-corrected chi connectivity index (χ0v) is 20.4. The van der Waals surface area contributed by atoms with Gasteiger partial charge in [-0.3, -0.25) is 19.1 Å². The second kappa shape index (κ2) is 10.5. The van der Waals surface area contributed by atoms with E-state index >= 15 is 0 Å². The summed E-state index contributed by atoms with van der Waals surface area (Å²) in [5, 5.41) is 0.612. The Morgan fingerprint density at radius 1 is 1.32 bits per heavy atom. The van der Waals surface area contributed by atoms with Gasteiger partial charge >= 0.3 is 0 Å². The molecule has 34 heavy (non-hydrogen) atoms.